The van der Waals surface area contributed by atoms with E-state index in [0.717, 1.165) is 41.4 Å². The normalized spacial score (nSPS) is 20.7. The number of fused-ring (bicyclic) bond motifs is 1. The van der Waals surface area contributed by atoms with E-state index in [1.54, 1.807) is 6.26 Å². The predicted octanol–water partition coefficient (Wildman–Crippen LogP) is 3.62. The standard InChI is InChI=1S/C20H25NO4/c1-13-7-8-17-16(11-24-18(17)9-13)10-20(23)25-12-19(22)21-14(2)5-4-6-15(21)3/h7-9,11,14-15H,4-6,10,12H2,1-3H3. The Morgan fingerprint density at radius 2 is 1.96 bits per heavy atom. The number of hydrogen-bond acceptors (Lipinski definition) is 4. The van der Waals surface area contributed by atoms with Crippen LogP contribution in [0.5, 0.6) is 0 Å². The molecule has 0 aliphatic carbocycles. The van der Waals surface area contributed by atoms with Gasteiger partial charge < -0.3 is 14.1 Å². The highest BCUT2D eigenvalue weighted by atomic mass is 16.5. The fraction of sp³-hybridized carbons (Fsp3) is 0.500. The highest BCUT2D eigenvalue weighted by Gasteiger charge is 2.29. The number of likely N-dealkylation sites (tertiary alicyclic amines) is 1. The van der Waals surface area contributed by atoms with Gasteiger partial charge in [-0.05, 0) is 51.7 Å². The molecule has 1 amide bonds. The molecular formula is C20H25NO4. The van der Waals surface area contributed by atoms with Crippen molar-refractivity contribution in [3.05, 3.63) is 35.6 Å². The summed E-state index contributed by atoms with van der Waals surface area (Å²) in [5.41, 5.74) is 2.65. The summed E-state index contributed by atoms with van der Waals surface area (Å²) in [5.74, 6) is -0.519. The van der Waals surface area contributed by atoms with E-state index in [9.17, 15) is 9.59 Å². The Hall–Kier alpha value is -2.30. The number of nitrogens with zero attached hydrogens (tertiary/aromatic N) is 1. The molecule has 2 unspecified atom stereocenters. The number of hydrogen-bond donors (Lipinski definition) is 0. The second kappa shape index (κ2) is 7.30. The van der Waals surface area contributed by atoms with Crippen molar-refractivity contribution in [1.29, 1.82) is 0 Å². The number of benzene rings is 1. The summed E-state index contributed by atoms with van der Waals surface area (Å²) in [6.07, 6.45) is 4.84. The zero-order valence-electron chi connectivity index (χ0n) is 15.1. The minimum Gasteiger partial charge on any atom is -0.464 e. The predicted molar refractivity (Wildman–Crippen MR) is 95.2 cm³/mol. The van der Waals surface area contributed by atoms with Crippen LogP contribution >= 0.6 is 0 Å². The lowest BCUT2D eigenvalue weighted by Crippen LogP contribution is -2.49. The lowest BCUT2D eigenvalue weighted by Gasteiger charge is -2.38. The molecule has 5 nitrogen and oxygen atoms in total. The Balaban J connectivity index is 1.58. The number of rotatable bonds is 4. The van der Waals surface area contributed by atoms with E-state index in [4.69, 9.17) is 9.15 Å². The van der Waals surface area contributed by atoms with Crippen LogP contribution in [0, 0.1) is 6.92 Å². The molecule has 0 spiro atoms. The van der Waals surface area contributed by atoms with Crippen molar-refractivity contribution in [2.45, 2.75) is 58.5 Å². The van der Waals surface area contributed by atoms with E-state index in [1.807, 2.05) is 30.0 Å². The molecule has 1 fully saturated rings. The van der Waals surface area contributed by atoms with Crippen LogP contribution in [0.15, 0.2) is 28.9 Å². The van der Waals surface area contributed by atoms with Crippen molar-refractivity contribution in [3.63, 3.8) is 0 Å². The van der Waals surface area contributed by atoms with Crippen molar-refractivity contribution in [3.8, 4) is 0 Å². The Morgan fingerprint density at radius 1 is 1.24 bits per heavy atom. The van der Waals surface area contributed by atoms with Crippen molar-refractivity contribution < 1.29 is 18.7 Å². The number of ether oxygens (including phenoxy) is 1. The molecule has 1 aliphatic rings. The van der Waals surface area contributed by atoms with Gasteiger partial charge >= 0.3 is 5.97 Å². The Labute approximate surface area is 147 Å². The first kappa shape index (κ1) is 17.5. The van der Waals surface area contributed by atoms with Crippen LogP contribution in [0.2, 0.25) is 0 Å². The summed E-state index contributed by atoms with van der Waals surface area (Å²) in [5, 5.41) is 0.909. The second-order valence-electron chi connectivity index (χ2n) is 7.03. The average molecular weight is 343 g/mol. The van der Waals surface area contributed by atoms with Gasteiger partial charge in [-0.2, -0.15) is 0 Å². The highest BCUT2D eigenvalue weighted by molar-refractivity contribution is 5.87. The summed E-state index contributed by atoms with van der Waals surface area (Å²) < 4.78 is 10.7. The molecule has 0 bridgehead atoms. The zero-order valence-corrected chi connectivity index (χ0v) is 15.1. The average Bonchev–Trinajstić information content (AvgIpc) is 2.94. The summed E-state index contributed by atoms with van der Waals surface area (Å²) >= 11 is 0. The largest absolute Gasteiger partial charge is 0.464 e. The molecule has 0 N–H and O–H groups in total. The molecule has 0 saturated carbocycles. The van der Waals surface area contributed by atoms with Gasteiger partial charge in [-0.15, -0.1) is 0 Å². The van der Waals surface area contributed by atoms with Crippen LogP contribution in [0.1, 0.15) is 44.2 Å². The zero-order chi connectivity index (χ0) is 18.0. The van der Waals surface area contributed by atoms with Crippen LogP contribution in [0.3, 0.4) is 0 Å². The van der Waals surface area contributed by atoms with Crippen molar-refractivity contribution in [2.75, 3.05) is 6.61 Å². The first-order valence-electron chi connectivity index (χ1n) is 8.89. The molecule has 1 saturated heterocycles. The molecule has 25 heavy (non-hydrogen) atoms. The number of aryl methyl sites for hydroxylation is 1. The van der Waals surface area contributed by atoms with Crippen molar-refractivity contribution >= 4 is 22.8 Å². The van der Waals surface area contributed by atoms with Crippen LogP contribution in [-0.2, 0) is 20.7 Å². The van der Waals surface area contributed by atoms with Gasteiger partial charge in [0.15, 0.2) is 6.61 Å². The van der Waals surface area contributed by atoms with Crippen molar-refractivity contribution in [2.24, 2.45) is 0 Å². The number of carbonyl (C=O) groups is 2. The number of furan rings is 1. The number of carbonyl (C=O) groups excluding carboxylic acids is 2. The minimum atomic E-state index is -0.408. The van der Waals surface area contributed by atoms with E-state index < -0.39 is 5.97 Å². The SMILES string of the molecule is Cc1ccc2c(CC(=O)OCC(=O)N3C(C)CCCC3C)coc2c1. The molecule has 2 atom stereocenters. The summed E-state index contributed by atoms with van der Waals surface area (Å²) in [4.78, 5) is 26.4. The van der Waals surface area contributed by atoms with E-state index >= 15 is 0 Å². The summed E-state index contributed by atoms with van der Waals surface area (Å²) in [6, 6.07) is 6.27. The quantitative estimate of drug-likeness (QED) is 0.796. The maximum Gasteiger partial charge on any atom is 0.310 e. The van der Waals surface area contributed by atoms with Gasteiger partial charge in [-0.25, -0.2) is 0 Å². The highest BCUT2D eigenvalue weighted by Crippen LogP contribution is 2.24. The molecule has 2 heterocycles. The molecule has 1 aromatic heterocycles. The monoisotopic (exact) mass is 343 g/mol. The Morgan fingerprint density at radius 3 is 2.68 bits per heavy atom. The van der Waals surface area contributed by atoms with Gasteiger partial charge in [0, 0.05) is 23.0 Å². The Bertz CT molecular complexity index is 769. The fourth-order valence-corrected chi connectivity index (χ4v) is 3.66. The fourth-order valence-electron chi connectivity index (χ4n) is 3.66. The number of piperidine rings is 1. The molecule has 2 aromatic rings. The second-order valence-corrected chi connectivity index (χ2v) is 7.03. The van der Waals surface area contributed by atoms with E-state index in [0.29, 0.717) is 0 Å². The van der Waals surface area contributed by atoms with Gasteiger partial charge in [0.25, 0.3) is 5.91 Å². The molecule has 0 radical (unpaired) electrons. The maximum atomic E-state index is 12.4. The van der Waals surface area contributed by atoms with Gasteiger partial charge in [-0.3, -0.25) is 9.59 Å². The van der Waals surface area contributed by atoms with Gasteiger partial charge in [-0.1, -0.05) is 12.1 Å². The van der Waals surface area contributed by atoms with Crippen molar-refractivity contribution in [1.82, 2.24) is 4.90 Å². The Kier molecular flexibility index (Phi) is 5.11. The van der Waals surface area contributed by atoms with Gasteiger partial charge in [0.05, 0.1) is 12.7 Å². The summed E-state index contributed by atoms with van der Waals surface area (Å²) in [6.45, 7) is 5.90. The minimum absolute atomic E-state index is 0.106. The van der Waals surface area contributed by atoms with Crippen LogP contribution in [-0.4, -0.2) is 35.5 Å². The molecular weight excluding hydrogens is 318 g/mol. The third kappa shape index (κ3) is 3.86. The lowest BCUT2D eigenvalue weighted by molar-refractivity contribution is -0.154. The number of esters is 1. The van der Waals surface area contributed by atoms with Crippen LogP contribution in [0.25, 0.3) is 11.0 Å². The number of amides is 1. The molecule has 1 aromatic carbocycles. The third-order valence-electron chi connectivity index (χ3n) is 4.98. The molecule has 3 rings (SSSR count). The molecule has 5 heteroatoms. The van der Waals surface area contributed by atoms with Crippen LogP contribution < -0.4 is 0 Å². The first-order valence-corrected chi connectivity index (χ1v) is 8.89. The molecule has 134 valence electrons. The first-order chi connectivity index (χ1) is 12.0. The van der Waals surface area contributed by atoms with Gasteiger partial charge in [0.2, 0.25) is 0 Å². The topological polar surface area (TPSA) is 59.8 Å². The van der Waals surface area contributed by atoms with E-state index in [2.05, 4.69) is 13.8 Å². The lowest BCUT2D eigenvalue weighted by atomic mass is 9.97. The van der Waals surface area contributed by atoms with Gasteiger partial charge in [0.1, 0.15) is 5.58 Å². The van der Waals surface area contributed by atoms with E-state index in [1.165, 1.54) is 0 Å². The molecule has 1 aliphatic heterocycles. The third-order valence-corrected chi connectivity index (χ3v) is 4.98. The van der Waals surface area contributed by atoms with Crippen LogP contribution in [0.4, 0.5) is 0 Å². The smallest absolute Gasteiger partial charge is 0.310 e. The maximum absolute atomic E-state index is 12.4. The summed E-state index contributed by atoms with van der Waals surface area (Å²) in [7, 11) is 0. The van der Waals surface area contributed by atoms with E-state index in [-0.39, 0.29) is 31.0 Å².